The van der Waals surface area contributed by atoms with Crippen LogP contribution in [-0.2, 0) is 4.79 Å². The van der Waals surface area contributed by atoms with Crippen LogP contribution in [0.5, 0.6) is 0 Å². The molecule has 1 atom stereocenters. The zero-order chi connectivity index (χ0) is 7.49. The minimum absolute atomic E-state index is 0.355. The normalized spacial score (nSPS) is 16.2. The highest BCUT2D eigenvalue weighted by atomic mass is 35.5. The molecule has 0 aromatic rings. The Hall–Kier alpha value is -0.500. The Morgan fingerprint density at radius 3 is 2.44 bits per heavy atom. The summed E-state index contributed by atoms with van der Waals surface area (Å²) in [4.78, 5) is 9.02. The summed E-state index contributed by atoms with van der Waals surface area (Å²) in [5.74, 6) is -1.04. The van der Waals surface area contributed by atoms with E-state index >= 15 is 0 Å². The molecule has 0 aliphatic rings. The second kappa shape index (κ2) is 2.87. The predicted molar refractivity (Wildman–Crippen MR) is 36.7 cm³/mol. The molecule has 0 saturated heterocycles. The van der Waals surface area contributed by atoms with Crippen molar-refractivity contribution in [1.82, 2.24) is 0 Å². The maximum Gasteiger partial charge on any atom is 0.328 e. The van der Waals surface area contributed by atoms with Crippen molar-refractivity contribution in [2.45, 2.75) is 18.2 Å². The highest BCUT2D eigenvalue weighted by Crippen LogP contribution is 2.20. The van der Waals surface area contributed by atoms with E-state index in [0.717, 1.165) is 0 Å². The van der Waals surface area contributed by atoms with Gasteiger partial charge in [-0.1, -0.05) is 13.0 Å². The molecule has 0 rings (SSSR count). The Morgan fingerprint density at radius 1 is 2.00 bits per heavy atom. The molecular weight excluding hydrogens is 140 g/mol. The van der Waals surface area contributed by atoms with Crippen molar-refractivity contribution in [3.8, 4) is 0 Å². The molecule has 1 N–H and O–H groups in total. The van der Waals surface area contributed by atoms with Crippen LogP contribution >= 0.6 is 11.6 Å². The van der Waals surface area contributed by atoms with Crippen molar-refractivity contribution in [2.75, 3.05) is 0 Å². The van der Waals surface area contributed by atoms with Gasteiger partial charge in [-0.2, -0.15) is 0 Å². The molecule has 9 heavy (non-hydrogen) atoms. The number of carboxylic acid groups (broad SMARTS) is 1. The van der Waals surface area contributed by atoms with Crippen LogP contribution in [0.2, 0.25) is 0 Å². The van der Waals surface area contributed by atoms with Crippen LogP contribution < -0.4 is 0 Å². The van der Waals surface area contributed by atoms with E-state index in [9.17, 15) is 4.79 Å². The number of hydrogen-bond acceptors (Lipinski definition) is 1. The molecule has 0 amide bonds. The lowest BCUT2D eigenvalue weighted by Gasteiger charge is -2.13. The van der Waals surface area contributed by atoms with Crippen molar-refractivity contribution < 1.29 is 9.90 Å². The molecular formula is C6H9ClO2. The molecule has 52 valence electrons. The molecule has 0 saturated carbocycles. The van der Waals surface area contributed by atoms with Gasteiger partial charge in [0.2, 0.25) is 0 Å². The minimum Gasteiger partial charge on any atom is -0.480 e. The van der Waals surface area contributed by atoms with Gasteiger partial charge >= 0.3 is 5.97 Å². The standard InChI is InChI=1S/C6H9ClO2/c1-3-6(7,4-2)5(8)9/h3H,1,4H2,2H3,(H,8,9). The monoisotopic (exact) mass is 148 g/mol. The number of carboxylic acids is 1. The Bertz CT molecular complexity index is 133. The second-order valence-corrected chi connectivity index (χ2v) is 2.40. The maximum atomic E-state index is 10.3. The van der Waals surface area contributed by atoms with E-state index in [4.69, 9.17) is 16.7 Å². The van der Waals surface area contributed by atoms with E-state index in [1.54, 1.807) is 6.92 Å². The minimum atomic E-state index is -1.26. The lowest BCUT2D eigenvalue weighted by molar-refractivity contribution is -0.138. The third-order valence-electron chi connectivity index (χ3n) is 1.19. The zero-order valence-corrected chi connectivity index (χ0v) is 5.98. The van der Waals surface area contributed by atoms with Crippen LogP contribution in [0.15, 0.2) is 12.7 Å². The number of aliphatic carboxylic acids is 1. The first-order valence-corrected chi connectivity index (χ1v) is 3.00. The van der Waals surface area contributed by atoms with Gasteiger partial charge in [-0.05, 0) is 6.42 Å². The largest absolute Gasteiger partial charge is 0.480 e. The lowest BCUT2D eigenvalue weighted by atomic mass is 10.1. The average molecular weight is 149 g/mol. The third kappa shape index (κ3) is 1.72. The summed E-state index contributed by atoms with van der Waals surface area (Å²) in [6.45, 7) is 5.01. The maximum absolute atomic E-state index is 10.3. The number of rotatable bonds is 3. The summed E-state index contributed by atoms with van der Waals surface area (Å²) in [6.07, 6.45) is 1.59. The summed E-state index contributed by atoms with van der Waals surface area (Å²) < 4.78 is 0. The van der Waals surface area contributed by atoms with Gasteiger partial charge in [0.15, 0.2) is 4.87 Å². The smallest absolute Gasteiger partial charge is 0.328 e. The first-order valence-electron chi connectivity index (χ1n) is 2.62. The van der Waals surface area contributed by atoms with E-state index in [-0.39, 0.29) is 0 Å². The fourth-order valence-corrected chi connectivity index (χ4v) is 0.383. The number of hydrogen-bond donors (Lipinski definition) is 1. The van der Waals surface area contributed by atoms with Crippen LogP contribution in [0.4, 0.5) is 0 Å². The quantitative estimate of drug-likeness (QED) is 0.488. The highest BCUT2D eigenvalue weighted by molar-refractivity contribution is 6.35. The third-order valence-corrected chi connectivity index (χ3v) is 1.78. The van der Waals surface area contributed by atoms with E-state index in [1.165, 1.54) is 6.08 Å². The van der Waals surface area contributed by atoms with Crippen molar-refractivity contribution in [3.05, 3.63) is 12.7 Å². The van der Waals surface area contributed by atoms with Crippen molar-refractivity contribution in [2.24, 2.45) is 0 Å². The number of carbonyl (C=O) groups is 1. The summed E-state index contributed by atoms with van der Waals surface area (Å²) >= 11 is 5.53. The van der Waals surface area contributed by atoms with E-state index in [2.05, 4.69) is 6.58 Å². The molecule has 0 spiro atoms. The molecule has 3 heteroatoms. The van der Waals surface area contributed by atoms with Crippen LogP contribution in [-0.4, -0.2) is 16.0 Å². The fourth-order valence-electron chi connectivity index (χ4n) is 0.383. The summed E-state index contributed by atoms with van der Waals surface area (Å²) in [5, 5.41) is 8.43. The SMILES string of the molecule is C=CC(Cl)(CC)C(=O)O. The van der Waals surface area contributed by atoms with Gasteiger partial charge in [0.1, 0.15) is 0 Å². The first kappa shape index (κ1) is 8.50. The summed E-state index contributed by atoms with van der Waals surface area (Å²) in [5.41, 5.74) is 0. The van der Waals surface area contributed by atoms with Crippen LogP contribution in [0, 0.1) is 0 Å². The summed E-state index contributed by atoms with van der Waals surface area (Å²) in [6, 6.07) is 0. The molecule has 0 aliphatic carbocycles. The predicted octanol–water partition coefficient (Wildman–Crippen LogP) is 1.64. The lowest BCUT2D eigenvalue weighted by Crippen LogP contribution is -2.28. The van der Waals surface area contributed by atoms with Crippen LogP contribution in [0.3, 0.4) is 0 Å². The van der Waals surface area contributed by atoms with Crippen LogP contribution in [0.25, 0.3) is 0 Å². The van der Waals surface area contributed by atoms with Crippen molar-refractivity contribution in [3.63, 3.8) is 0 Å². The molecule has 0 bridgehead atoms. The van der Waals surface area contributed by atoms with Crippen molar-refractivity contribution >= 4 is 17.6 Å². The first-order chi connectivity index (χ1) is 4.06. The topological polar surface area (TPSA) is 37.3 Å². The molecule has 0 fully saturated rings. The molecule has 0 aromatic heterocycles. The Balaban J connectivity index is 4.27. The van der Waals surface area contributed by atoms with Crippen molar-refractivity contribution in [1.29, 1.82) is 0 Å². The molecule has 0 aliphatic heterocycles. The van der Waals surface area contributed by atoms with Gasteiger partial charge in [0, 0.05) is 0 Å². The molecule has 2 nitrogen and oxygen atoms in total. The Labute approximate surface area is 59.1 Å². The average Bonchev–Trinajstić information content (AvgIpc) is 1.86. The summed E-state index contributed by atoms with van der Waals surface area (Å²) in [7, 11) is 0. The van der Waals surface area contributed by atoms with Gasteiger partial charge in [-0.3, -0.25) is 0 Å². The van der Waals surface area contributed by atoms with Gasteiger partial charge in [0.05, 0.1) is 0 Å². The van der Waals surface area contributed by atoms with Gasteiger partial charge in [-0.15, -0.1) is 18.2 Å². The van der Waals surface area contributed by atoms with Gasteiger partial charge in [0.25, 0.3) is 0 Å². The van der Waals surface area contributed by atoms with E-state index in [0.29, 0.717) is 6.42 Å². The van der Waals surface area contributed by atoms with Gasteiger partial charge < -0.3 is 5.11 Å². The van der Waals surface area contributed by atoms with Gasteiger partial charge in [-0.25, -0.2) is 4.79 Å². The zero-order valence-electron chi connectivity index (χ0n) is 5.22. The fraction of sp³-hybridized carbons (Fsp3) is 0.500. The second-order valence-electron chi connectivity index (χ2n) is 1.73. The van der Waals surface area contributed by atoms with E-state index < -0.39 is 10.8 Å². The molecule has 1 unspecified atom stereocenters. The Kier molecular flexibility index (Phi) is 2.71. The van der Waals surface area contributed by atoms with E-state index in [1.807, 2.05) is 0 Å². The molecule has 0 heterocycles. The number of halogens is 1. The Morgan fingerprint density at radius 2 is 2.44 bits per heavy atom. The molecule has 0 radical (unpaired) electrons. The highest BCUT2D eigenvalue weighted by Gasteiger charge is 2.29. The van der Waals surface area contributed by atoms with Crippen LogP contribution in [0.1, 0.15) is 13.3 Å². The number of alkyl halides is 1. The molecule has 0 aromatic carbocycles.